The quantitative estimate of drug-likeness (QED) is 0.0993. The van der Waals surface area contributed by atoms with Gasteiger partial charge in [-0.3, -0.25) is 9.59 Å². The molecule has 0 aromatic heterocycles. The molecule has 4 atom stereocenters. The monoisotopic (exact) mass is 571 g/mol. The first-order chi connectivity index (χ1) is 20.0. The third-order valence-electron chi connectivity index (χ3n) is 8.66. The minimum atomic E-state index is -0.664. The molecule has 6 heteroatoms. The smallest absolute Gasteiger partial charge is 0.316 e. The highest BCUT2D eigenvalue weighted by atomic mass is 16.5. The van der Waals surface area contributed by atoms with Crippen LogP contribution in [0.15, 0.2) is 42.5 Å². The number of fused-ring (bicyclic) bond motifs is 2. The Morgan fingerprint density at radius 2 is 1.41 bits per heavy atom. The summed E-state index contributed by atoms with van der Waals surface area (Å²) in [7, 11) is 2.17. The third kappa shape index (κ3) is 14.5. The number of rotatable bonds is 19. The standard InChI is InChI=1S/C18H34O2.C17H23NO3/c1-2-3-4-5-6-7-8-9-10-11-12-13-14-15-16-17-18(19)20;1-18-13-7-8-14(18)10-15(9-13)21-17(20)16(11-19)12-5-3-2-4-6-12/h9-10H,2-8,11-17H2,1H3,(H,19,20);2-6,13-16,19H,7-11H2,1H3/b10-9-;/t;13-,14+,15?,16?. The normalized spacial score (nSPS) is 20.9. The summed E-state index contributed by atoms with van der Waals surface area (Å²) in [5, 5.41) is 18.0. The van der Waals surface area contributed by atoms with Crippen molar-refractivity contribution in [3.8, 4) is 0 Å². The predicted molar refractivity (Wildman–Crippen MR) is 167 cm³/mol. The number of carbonyl (C=O) groups is 2. The Morgan fingerprint density at radius 3 is 1.95 bits per heavy atom. The van der Waals surface area contributed by atoms with Gasteiger partial charge in [0.05, 0.1) is 6.61 Å². The number of unbranched alkanes of at least 4 members (excludes halogenated alkanes) is 11. The van der Waals surface area contributed by atoms with Crippen molar-refractivity contribution >= 4 is 11.9 Å². The summed E-state index contributed by atoms with van der Waals surface area (Å²) in [6.45, 7) is 2.05. The van der Waals surface area contributed by atoms with Crippen LogP contribution < -0.4 is 0 Å². The van der Waals surface area contributed by atoms with Crippen LogP contribution in [0.2, 0.25) is 0 Å². The molecule has 0 amide bonds. The van der Waals surface area contributed by atoms with Gasteiger partial charge >= 0.3 is 11.9 Å². The van der Waals surface area contributed by atoms with Crippen LogP contribution in [0.3, 0.4) is 0 Å². The van der Waals surface area contributed by atoms with E-state index < -0.39 is 11.9 Å². The summed E-state index contributed by atoms with van der Waals surface area (Å²) >= 11 is 0. The highest BCUT2D eigenvalue weighted by molar-refractivity contribution is 5.78. The maximum atomic E-state index is 12.4. The number of ether oxygens (including phenoxy) is 1. The number of carbonyl (C=O) groups excluding carboxylic acids is 1. The van der Waals surface area contributed by atoms with Crippen molar-refractivity contribution in [3.63, 3.8) is 0 Å². The molecule has 41 heavy (non-hydrogen) atoms. The molecular formula is C35H57NO5. The van der Waals surface area contributed by atoms with E-state index in [4.69, 9.17) is 9.84 Å². The summed E-state index contributed by atoms with van der Waals surface area (Å²) in [6, 6.07) is 10.5. The van der Waals surface area contributed by atoms with Crippen LogP contribution >= 0.6 is 0 Å². The lowest BCUT2D eigenvalue weighted by molar-refractivity contribution is -0.155. The summed E-state index contributed by atoms with van der Waals surface area (Å²) in [4.78, 5) is 25.1. The van der Waals surface area contributed by atoms with Crippen LogP contribution in [0.25, 0.3) is 0 Å². The molecule has 1 aromatic carbocycles. The number of allylic oxidation sites excluding steroid dienone is 2. The van der Waals surface area contributed by atoms with Gasteiger partial charge in [-0.25, -0.2) is 0 Å². The average molecular weight is 572 g/mol. The number of aliphatic hydroxyl groups excluding tert-OH is 1. The molecule has 232 valence electrons. The van der Waals surface area contributed by atoms with Gasteiger partial charge in [0.2, 0.25) is 0 Å². The minimum Gasteiger partial charge on any atom is -0.481 e. The van der Waals surface area contributed by atoms with Gasteiger partial charge in [-0.15, -0.1) is 0 Å². The van der Waals surface area contributed by atoms with Gasteiger partial charge in [0.15, 0.2) is 0 Å². The lowest BCUT2D eigenvalue weighted by Crippen LogP contribution is -2.43. The van der Waals surface area contributed by atoms with E-state index in [9.17, 15) is 14.7 Å². The van der Waals surface area contributed by atoms with Crippen LogP contribution in [-0.2, 0) is 14.3 Å². The molecule has 2 bridgehead atoms. The number of hydrogen-bond donors (Lipinski definition) is 2. The second-order valence-electron chi connectivity index (χ2n) is 12.0. The summed E-state index contributed by atoms with van der Waals surface area (Å²) < 4.78 is 5.70. The molecular weight excluding hydrogens is 514 g/mol. The molecule has 0 spiro atoms. The van der Waals surface area contributed by atoms with Crippen LogP contribution in [0, 0.1) is 0 Å². The number of piperidine rings is 1. The number of hydrogen-bond acceptors (Lipinski definition) is 5. The van der Waals surface area contributed by atoms with E-state index in [2.05, 4.69) is 31.0 Å². The Kier molecular flexibility index (Phi) is 18.4. The number of aliphatic carboxylic acids is 1. The Labute approximate surface area is 249 Å². The zero-order chi connectivity index (χ0) is 29.7. The second-order valence-corrected chi connectivity index (χ2v) is 12.0. The summed E-state index contributed by atoms with van der Waals surface area (Å²) in [5.41, 5.74) is 0.820. The SMILES string of the molecule is CCCCCCCC/C=C\CCCCCCCC(=O)O.CN1[C@@H]2CC[C@H]1CC(OC(=O)C(CO)c1ccccc1)C2. The molecule has 3 rings (SSSR count). The van der Waals surface area contributed by atoms with Crippen molar-refractivity contribution in [1.82, 2.24) is 4.90 Å². The maximum Gasteiger partial charge on any atom is 0.316 e. The van der Waals surface area contributed by atoms with E-state index in [0.717, 1.165) is 31.2 Å². The number of esters is 1. The largest absolute Gasteiger partial charge is 0.481 e. The Bertz CT molecular complexity index is 843. The van der Waals surface area contributed by atoms with Gasteiger partial charge in [0.1, 0.15) is 12.0 Å². The highest BCUT2D eigenvalue weighted by Gasteiger charge is 2.40. The van der Waals surface area contributed by atoms with Gasteiger partial charge in [-0.2, -0.15) is 0 Å². The fourth-order valence-electron chi connectivity index (χ4n) is 6.05. The number of carboxylic acid groups (broad SMARTS) is 1. The van der Waals surface area contributed by atoms with Gasteiger partial charge in [-0.1, -0.05) is 101 Å². The molecule has 0 saturated carbocycles. The first-order valence-electron chi connectivity index (χ1n) is 16.4. The van der Waals surface area contributed by atoms with E-state index in [1.165, 1.54) is 83.5 Å². The topological polar surface area (TPSA) is 87.1 Å². The summed E-state index contributed by atoms with van der Waals surface area (Å²) in [5.74, 6) is -1.52. The Balaban J connectivity index is 0.000000288. The molecule has 0 radical (unpaired) electrons. The van der Waals surface area contributed by atoms with E-state index in [1.807, 2.05) is 30.3 Å². The van der Waals surface area contributed by atoms with Crippen LogP contribution in [0.4, 0.5) is 0 Å². The van der Waals surface area contributed by atoms with Crippen molar-refractivity contribution in [2.75, 3.05) is 13.7 Å². The number of aliphatic hydroxyl groups is 1. The van der Waals surface area contributed by atoms with Crippen molar-refractivity contribution in [3.05, 3.63) is 48.0 Å². The minimum absolute atomic E-state index is 0.00367. The molecule has 2 aliphatic rings. The fraction of sp³-hybridized carbons (Fsp3) is 0.714. The zero-order valence-electron chi connectivity index (χ0n) is 25.9. The van der Waals surface area contributed by atoms with E-state index >= 15 is 0 Å². The van der Waals surface area contributed by atoms with Crippen LogP contribution in [0.1, 0.15) is 134 Å². The molecule has 1 aromatic rings. The lowest BCUT2D eigenvalue weighted by atomic mass is 9.98. The van der Waals surface area contributed by atoms with E-state index in [0.29, 0.717) is 18.5 Å². The number of benzene rings is 1. The highest BCUT2D eigenvalue weighted by Crippen LogP contribution is 2.36. The van der Waals surface area contributed by atoms with Gasteiger partial charge in [-0.05, 0) is 70.4 Å². The van der Waals surface area contributed by atoms with Crippen LogP contribution in [-0.4, -0.2) is 58.9 Å². The van der Waals surface area contributed by atoms with Gasteiger partial charge in [0.25, 0.3) is 0 Å². The third-order valence-corrected chi connectivity index (χ3v) is 8.66. The van der Waals surface area contributed by atoms with Crippen molar-refractivity contribution in [2.45, 2.75) is 147 Å². The zero-order valence-corrected chi connectivity index (χ0v) is 25.9. The molecule has 2 unspecified atom stereocenters. The van der Waals surface area contributed by atoms with Crippen LogP contribution in [0.5, 0.6) is 0 Å². The van der Waals surface area contributed by atoms with Crippen molar-refractivity contribution < 1.29 is 24.5 Å². The maximum absolute atomic E-state index is 12.4. The van der Waals surface area contributed by atoms with E-state index in [1.54, 1.807) is 0 Å². The van der Waals surface area contributed by atoms with Gasteiger partial charge in [0, 0.05) is 18.5 Å². The molecule has 2 N–H and O–H groups in total. The van der Waals surface area contributed by atoms with Crippen molar-refractivity contribution in [2.24, 2.45) is 0 Å². The molecule has 2 aliphatic heterocycles. The predicted octanol–water partition coefficient (Wildman–Crippen LogP) is 8.04. The second kappa shape index (κ2) is 21.5. The average Bonchev–Trinajstić information content (AvgIpc) is 3.16. The Hall–Kier alpha value is -2.18. The van der Waals surface area contributed by atoms with E-state index in [-0.39, 0.29) is 18.7 Å². The molecule has 2 fully saturated rings. The number of nitrogens with zero attached hydrogens (tertiary/aromatic N) is 1. The van der Waals surface area contributed by atoms with Crippen molar-refractivity contribution in [1.29, 1.82) is 0 Å². The molecule has 2 heterocycles. The first kappa shape index (κ1) is 35.0. The molecule has 2 saturated heterocycles. The fourth-order valence-corrected chi connectivity index (χ4v) is 6.05. The first-order valence-corrected chi connectivity index (χ1v) is 16.4. The van der Waals surface area contributed by atoms with Gasteiger partial charge < -0.3 is 19.8 Å². The molecule has 6 nitrogen and oxygen atoms in total. The molecule has 0 aliphatic carbocycles. The summed E-state index contributed by atoms with van der Waals surface area (Å²) in [6.07, 6.45) is 25.5. The lowest BCUT2D eigenvalue weighted by Gasteiger charge is -2.36. The number of carboxylic acids is 1. The Morgan fingerprint density at radius 1 is 0.878 bits per heavy atom.